The Morgan fingerprint density at radius 3 is 0.767 bits per heavy atom. The van der Waals surface area contributed by atoms with Crippen LogP contribution in [0.2, 0.25) is 0 Å². The number of hydrogen-bond donors (Lipinski definition) is 0. The molecule has 4 aromatic rings. The van der Waals surface area contributed by atoms with E-state index in [2.05, 4.69) is 15.0 Å². The molecule has 60 heavy (non-hydrogen) atoms. The van der Waals surface area contributed by atoms with Gasteiger partial charge in [0.15, 0.2) is 16.6 Å². The van der Waals surface area contributed by atoms with E-state index in [1.54, 1.807) is 156 Å². The molecule has 0 saturated carbocycles. The number of amidine groups is 3. The quantitative estimate of drug-likeness (QED) is 0.128. The van der Waals surface area contributed by atoms with Crippen molar-refractivity contribution in [2.45, 2.75) is 116 Å². The van der Waals surface area contributed by atoms with Crippen LogP contribution in [0.25, 0.3) is 0 Å². The Kier molecular flexibility index (Phi) is 9.53. The lowest BCUT2D eigenvalue weighted by Crippen LogP contribution is -2.53. The highest BCUT2D eigenvalue weighted by atomic mass is 16.6. The fourth-order valence-electron chi connectivity index (χ4n) is 6.82. The van der Waals surface area contributed by atoms with Crippen LogP contribution >= 0.6 is 0 Å². The largest absolute Gasteiger partial charge is 0.714 e. The van der Waals surface area contributed by atoms with Crippen molar-refractivity contribution in [3.05, 3.63) is 105 Å². The summed E-state index contributed by atoms with van der Waals surface area (Å²) in [6, 6.07) is 18.0. The van der Waals surface area contributed by atoms with E-state index >= 15 is 0 Å². The highest BCUT2D eigenvalue weighted by Crippen LogP contribution is 2.40. The summed E-state index contributed by atoms with van der Waals surface area (Å²) in [6.45, 7) is 20.5. The highest BCUT2D eigenvalue weighted by molar-refractivity contribution is 5.97. The van der Waals surface area contributed by atoms with E-state index in [0.717, 1.165) is 29.4 Å². The van der Waals surface area contributed by atoms with Gasteiger partial charge in [0.1, 0.15) is 33.9 Å². The molecular weight excluding hydrogens is 775 g/mol. The van der Waals surface area contributed by atoms with Crippen molar-refractivity contribution in [1.82, 2.24) is 30.1 Å². The second-order valence-corrected chi connectivity index (χ2v) is 18.2. The first-order valence-corrected chi connectivity index (χ1v) is 19.3. The van der Waals surface area contributed by atoms with E-state index in [0.29, 0.717) is 16.7 Å². The number of rotatable bonds is 9. The zero-order chi connectivity index (χ0) is 44.1. The predicted molar refractivity (Wildman–Crippen MR) is 215 cm³/mol. The van der Waals surface area contributed by atoms with Gasteiger partial charge in [-0.25, -0.2) is 0 Å². The SMILES string of the molecule is CC1(C)N([O])C(c2ccc(Oc3nc(Oc4ccc(C5=[N+]([O-])C(C)(C)C(C)(C)N5[O])cc4)nc(Oc4ccc(C5=[N+]([O-])C(C)(C)C(C)(C)N5[O])cc4)n3)cc2)=[N+]([O-])C1(C)C. The predicted octanol–water partition coefficient (Wildman–Crippen LogP) is 6.67. The summed E-state index contributed by atoms with van der Waals surface area (Å²) in [4.78, 5) is 13.0. The fourth-order valence-corrected chi connectivity index (χ4v) is 6.82. The van der Waals surface area contributed by atoms with Crippen LogP contribution in [0, 0.1) is 15.6 Å². The molecule has 0 amide bonds. The number of benzene rings is 3. The van der Waals surface area contributed by atoms with Gasteiger partial charge in [-0.05, 0) is 156 Å². The normalized spacial score (nSPS) is 20.9. The Morgan fingerprint density at radius 1 is 0.400 bits per heavy atom. The standard InChI is InChI=1S/C42H48N9O9/c1-37(2)38(3,4)47(53)31(46(37)52)25-13-19-28(20-14-25)58-34-43-35(59-29-21-15-26(16-22-29)32-48(54)39(5,6)40(7,8)49(32)55)45-36(44-34)60-30-23-17-27(18-24-30)33-50(56)41(9,10)42(11,12)51(33)57/h13-24H,1-12H3. The minimum atomic E-state index is -0.997. The van der Waals surface area contributed by atoms with Crippen LogP contribution in [0.15, 0.2) is 72.8 Å². The molecule has 0 atom stereocenters. The molecule has 0 aliphatic carbocycles. The summed E-state index contributed by atoms with van der Waals surface area (Å²) in [5, 5.41) is 81.5. The number of hydroxylamine groups is 9. The first kappa shape index (κ1) is 41.9. The lowest BCUT2D eigenvalue weighted by Gasteiger charge is -2.32. The smallest absolute Gasteiger partial charge is 0.331 e. The minimum absolute atomic E-state index is 0.0329. The molecule has 315 valence electrons. The second-order valence-electron chi connectivity index (χ2n) is 18.2. The summed E-state index contributed by atoms with van der Waals surface area (Å²) >= 11 is 0. The van der Waals surface area contributed by atoms with Gasteiger partial charge in [0.25, 0.3) is 0 Å². The Labute approximate surface area is 347 Å². The summed E-state index contributed by atoms with van der Waals surface area (Å²) in [5.41, 5.74) is -4.83. The summed E-state index contributed by atoms with van der Waals surface area (Å²) in [5.74, 6) is 0.638. The molecule has 0 fully saturated rings. The molecule has 3 radical (unpaired) electrons. The molecule has 18 heteroatoms. The van der Waals surface area contributed by atoms with Gasteiger partial charge < -0.3 is 29.8 Å². The van der Waals surface area contributed by atoms with Gasteiger partial charge in [0.2, 0.25) is 0 Å². The van der Waals surface area contributed by atoms with E-state index in [1.807, 2.05) is 0 Å². The van der Waals surface area contributed by atoms with E-state index in [-0.39, 0.29) is 52.8 Å². The molecule has 0 unspecified atom stereocenters. The molecule has 0 spiro atoms. The van der Waals surface area contributed by atoms with Gasteiger partial charge in [0.05, 0.1) is 16.7 Å². The van der Waals surface area contributed by atoms with Crippen LogP contribution in [0.1, 0.15) is 99.8 Å². The second kappa shape index (κ2) is 13.7. The van der Waals surface area contributed by atoms with Crippen molar-refractivity contribution in [1.29, 1.82) is 0 Å². The van der Waals surface area contributed by atoms with Crippen LogP contribution in [-0.4, -0.2) is 95.1 Å². The third-order valence-corrected chi connectivity index (χ3v) is 13.2. The topological polar surface area (TPSA) is 214 Å². The maximum absolute atomic E-state index is 13.2. The third kappa shape index (κ3) is 6.19. The number of nitrogens with zero attached hydrogens (tertiary/aromatic N) is 9. The van der Waals surface area contributed by atoms with Gasteiger partial charge >= 0.3 is 35.5 Å². The number of hydrogen-bond acceptors (Lipinski definition) is 12. The van der Waals surface area contributed by atoms with E-state index < -0.39 is 33.2 Å². The Balaban J connectivity index is 1.18. The van der Waals surface area contributed by atoms with E-state index in [1.165, 1.54) is 0 Å². The first-order valence-electron chi connectivity index (χ1n) is 19.3. The van der Waals surface area contributed by atoms with Gasteiger partial charge in [0, 0.05) is 15.6 Å². The molecule has 1 aromatic heterocycles. The van der Waals surface area contributed by atoms with Crippen molar-refractivity contribution in [3.63, 3.8) is 0 Å². The Bertz CT molecular complexity index is 2160. The van der Waals surface area contributed by atoms with Crippen molar-refractivity contribution in [2.75, 3.05) is 0 Å². The summed E-state index contributed by atoms with van der Waals surface area (Å²) in [7, 11) is 0. The van der Waals surface area contributed by atoms with Crippen LogP contribution in [0.3, 0.4) is 0 Å². The lowest BCUT2D eigenvalue weighted by molar-refractivity contribution is -0.539. The molecule has 7 rings (SSSR count). The van der Waals surface area contributed by atoms with Gasteiger partial charge in [-0.3, -0.25) is 14.2 Å². The van der Waals surface area contributed by atoms with Gasteiger partial charge in [-0.2, -0.15) is 0 Å². The van der Waals surface area contributed by atoms with Crippen LogP contribution in [0.5, 0.6) is 35.3 Å². The lowest BCUT2D eigenvalue weighted by atomic mass is 9.84. The Morgan fingerprint density at radius 2 is 0.600 bits per heavy atom. The highest BCUT2D eigenvalue weighted by Gasteiger charge is 2.62. The molecule has 0 N–H and O–H groups in total. The molecule has 0 bridgehead atoms. The molecule has 4 heterocycles. The number of ether oxygens (including phenoxy) is 3. The maximum Gasteiger partial charge on any atom is 0.331 e. The zero-order valence-electron chi connectivity index (χ0n) is 35.6. The fraction of sp³-hybridized carbons (Fsp3) is 0.429. The summed E-state index contributed by atoms with van der Waals surface area (Å²) < 4.78 is 20.2. The molecule has 3 aliphatic heterocycles. The van der Waals surface area contributed by atoms with E-state index in [9.17, 15) is 31.2 Å². The average molecular weight is 823 g/mol. The monoisotopic (exact) mass is 822 g/mol. The third-order valence-electron chi connectivity index (χ3n) is 13.2. The molecule has 3 aliphatic rings. The van der Waals surface area contributed by atoms with Crippen molar-refractivity contribution < 1.29 is 44.0 Å². The minimum Gasteiger partial charge on any atom is -0.714 e. The molecule has 3 aromatic carbocycles. The van der Waals surface area contributed by atoms with Crippen LogP contribution < -0.4 is 14.2 Å². The first-order chi connectivity index (χ1) is 27.7. The van der Waals surface area contributed by atoms with Gasteiger partial charge in [-0.15, -0.1) is 15.0 Å². The van der Waals surface area contributed by atoms with Crippen LogP contribution in [-0.2, 0) is 15.6 Å². The van der Waals surface area contributed by atoms with Crippen LogP contribution in [0.4, 0.5) is 0 Å². The molecule has 0 saturated heterocycles. The number of aromatic nitrogens is 3. The summed E-state index contributed by atoms with van der Waals surface area (Å²) in [6.07, 6.45) is 0. The maximum atomic E-state index is 13.2. The van der Waals surface area contributed by atoms with Crippen molar-refractivity contribution in [3.8, 4) is 35.3 Å². The molecule has 18 nitrogen and oxygen atoms in total. The van der Waals surface area contributed by atoms with Gasteiger partial charge in [-0.1, -0.05) is 15.2 Å². The average Bonchev–Trinajstić information content (AvgIpc) is 3.45. The zero-order valence-corrected chi connectivity index (χ0v) is 35.6. The van der Waals surface area contributed by atoms with Crippen molar-refractivity contribution in [2.24, 2.45) is 0 Å². The Hall–Kier alpha value is -6.24. The molecular formula is C42H48N9O9. The van der Waals surface area contributed by atoms with E-state index in [4.69, 9.17) is 14.2 Å². The van der Waals surface area contributed by atoms with Crippen molar-refractivity contribution >= 4 is 17.5 Å².